The molecule has 0 amide bonds. The molecule has 1 atom stereocenters. The van der Waals surface area contributed by atoms with Crippen molar-refractivity contribution in [2.75, 3.05) is 5.32 Å². The molecule has 0 aliphatic rings. The van der Waals surface area contributed by atoms with Gasteiger partial charge in [-0.05, 0) is 56.9 Å². The lowest BCUT2D eigenvalue weighted by Gasteiger charge is -2.11. The van der Waals surface area contributed by atoms with Gasteiger partial charge in [0.05, 0.1) is 16.2 Å². The number of hydrogen-bond acceptors (Lipinski definition) is 5. The quantitative estimate of drug-likeness (QED) is 0.521. The van der Waals surface area contributed by atoms with Crippen LogP contribution < -0.4 is 20.1 Å². The fraction of sp³-hybridized carbons (Fsp3) is 0.409. The summed E-state index contributed by atoms with van der Waals surface area (Å²) in [6.45, 7) is 6.40. The number of aryl methyl sites for hydroxylation is 1. The van der Waals surface area contributed by atoms with Crippen molar-refractivity contribution in [2.45, 2.75) is 59.0 Å². The minimum absolute atomic E-state index is 0.0300. The summed E-state index contributed by atoms with van der Waals surface area (Å²) >= 11 is 1.39. The van der Waals surface area contributed by atoms with Gasteiger partial charge in [-0.3, -0.25) is 9.36 Å². The molecule has 28 heavy (non-hydrogen) atoms. The number of carbonyl (C=O) groups excluding carboxylic acids is 1. The van der Waals surface area contributed by atoms with Crippen molar-refractivity contribution in [3.8, 4) is 6.07 Å². The predicted octanol–water partition coefficient (Wildman–Crippen LogP) is 2.82. The highest BCUT2D eigenvalue weighted by molar-refractivity contribution is 7.07. The molecule has 1 heterocycles. The summed E-state index contributed by atoms with van der Waals surface area (Å²) in [7, 11) is 0. The van der Waals surface area contributed by atoms with Crippen molar-refractivity contribution in [1.29, 1.82) is 5.26 Å². The Labute approximate surface area is 169 Å². The summed E-state index contributed by atoms with van der Waals surface area (Å²) in [4.78, 5) is 23.1. The first kappa shape index (κ1) is 21.6. The molecular formula is C22H27N3O2S. The minimum Gasteiger partial charge on any atom is -0.379 e. The Hall–Kier alpha value is -2.65. The highest BCUT2D eigenvalue weighted by Gasteiger charge is 2.08. The molecule has 2 aromatic rings. The van der Waals surface area contributed by atoms with E-state index in [9.17, 15) is 14.9 Å². The Bertz CT molecular complexity index is 1010. The maximum atomic E-state index is 12.7. The van der Waals surface area contributed by atoms with Crippen LogP contribution in [0.15, 0.2) is 29.1 Å². The number of nitriles is 1. The smallest absolute Gasteiger partial charge is 0.268 e. The van der Waals surface area contributed by atoms with E-state index >= 15 is 0 Å². The number of carbonyl (C=O) groups is 1. The third-order valence-electron chi connectivity index (χ3n) is 4.51. The van der Waals surface area contributed by atoms with Crippen LogP contribution in [0.5, 0.6) is 0 Å². The van der Waals surface area contributed by atoms with Crippen LogP contribution in [0.3, 0.4) is 0 Å². The van der Waals surface area contributed by atoms with Crippen molar-refractivity contribution in [3.63, 3.8) is 0 Å². The molecule has 1 aromatic carbocycles. The first-order valence-corrected chi connectivity index (χ1v) is 10.5. The zero-order chi connectivity index (χ0) is 20.5. The zero-order valence-electron chi connectivity index (χ0n) is 16.7. The average molecular weight is 398 g/mol. The molecule has 148 valence electrons. The molecule has 0 saturated carbocycles. The molecule has 0 aliphatic heterocycles. The van der Waals surface area contributed by atoms with Crippen LogP contribution in [-0.2, 0) is 17.8 Å². The molecule has 0 spiro atoms. The van der Waals surface area contributed by atoms with Gasteiger partial charge in [-0.25, -0.2) is 0 Å². The van der Waals surface area contributed by atoms with Gasteiger partial charge in [0.15, 0.2) is 0 Å². The molecule has 0 bridgehead atoms. The molecule has 0 saturated heterocycles. The fourth-order valence-electron chi connectivity index (χ4n) is 3.01. The van der Waals surface area contributed by atoms with Gasteiger partial charge in [-0.2, -0.15) is 5.26 Å². The van der Waals surface area contributed by atoms with Crippen LogP contribution in [0.25, 0.3) is 11.6 Å². The van der Waals surface area contributed by atoms with Crippen molar-refractivity contribution in [2.24, 2.45) is 0 Å². The summed E-state index contributed by atoms with van der Waals surface area (Å²) in [5, 5.41) is 12.7. The van der Waals surface area contributed by atoms with E-state index in [-0.39, 0.29) is 11.6 Å². The van der Waals surface area contributed by atoms with Gasteiger partial charge >= 0.3 is 0 Å². The van der Waals surface area contributed by atoms with Gasteiger partial charge in [0.1, 0.15) is 10.9 Å². The van der Waals surface area contributed by atoms with Gasteiger partial charge in [0.2, 0.25) is 0 Å². The van der Waals surface area contributed by atoms with Crippen LogP contribution in [0.4, 0.5) is 5.69 Å². The van der Waals surface area contributed by atoms with Crippen molar-refractivity contribution in [3.05, 3.63) is 49.4 Å². The SMILES string of the molecule is CCC(C#N)=c1sc(=CC(C)Nc2ccc(CCCC=O)cc2)c(=O)n1CC. The lowest BCUT2D eigenvalue weighted by Crippen LogP contribution is -2.32. The third-order valence-corrected chi connectivity index (χ3v) is 5.70. The molecule has 1 unspecified atom stereocenters. The second kappa shape index (κ2) is 10.6. The maximum absolute atomic E-state index is 12.7. The number of thiazole rings is 1. The number of benzene rings is 1. The molecule has 0 radical (unpaired) electrons. The van der Waals surface area contributed by atoms with Gasteiger partial charge < -0.3 is 10.1 Å². The number of nitrogens with zero attached hydrogens (tertiary/aromatic N) is 2. The minimum atomic E-state index is -0.0390. The van der Waals surface area contributed by atoms with Crippen LogP contribution in [0, 0.1) is 11.3 Å². The van der Waals surface area contributed by atoms with E-state index in [0.717, 1.165) is 29.5 Å². The topological polar surface area (TPSA) is 74.9 Å². The van der Waals surface area contributed by atoms with E-state index in [1.165, 1.54) is 16.9 Å². The average Bonchev–Trinajstić information content (AvgIpc) is 2.99. The second-order valence-electron chi connectivity index (χ2n) is 6.62. The summed E-state index contributed by atoms with van der Waals surface area (Å²) < 4.78 is 3.10. The van der Waals surface area contributed by atoms with Crippen LogP contribution in [0.2, 0.25) is 0 Å². The molecule has 1 aromatic heterocycles. The molecule has 0 fully saturated rings. The van der Waals surface area contributed by atoms with E-state index in [4.69, 9.17) is 0 Å². The summed E-state index contributed by atoms with van der Waals surface area (Å²) in [6, 6.07) is 10.3. The van der Waals surface area contributed by atoms with Crippen LogP contribution in [0.1, 0.15) is 45.6 Å². The monoisotopic (exact) mass is 397 g/mol. The van der Waals surface area contributed by atoms with Crippen molar-refractivity contribution < 1.29 is 4.79 Å². The van der Waals surface area contributed by atoms with Crippen molar-refractivity contribution in [1.82, 2.24) is 4.57 Å². The Morgan fingerprint density at radius 3 is 2.61 bits per heavy atom. The lowest BCUT2D eigenvalue weighted by molar-refractivity contribution is -0.107. The molecule has 1 N–H and O–H groups in total. The van der Waals surface area contributed by atoms with E-state index in [2.05, 4.69) is 23.5 Å². The van der Waals surface area contributed by atoms with E-state index in [0.29, 0.717) is 29.5 Å². The molecule has 6 heteroatoms. The standard InChI is InChI=1S/C22H27N3O2S/c1-4-18(15-23)22-25(5-2)21(27)20(28-22)14-16(3)24-19-11-9-17(10-12-19)8-6-7-13-26/h9-14,16,24H,4-8H2,1-3H3. The highest BCUT2D eigenvalue weighted by Crippen LogP contribution is 2.13. The van der Waals surface area contributed by atoms with Crippen LogP contribution in [-0.4, -0.2) is 16.9 Å². The number of unbranched alkanes of at least 4 members (excludes halogenated alkanes) is 1. The third kappa shape index (κ3) is 5.43. The molecular weight excluding hydrogens is 370 g/mol. The number of aromatic nitrogens is 1. The first-order chi connectivity index (χ1) is 13.5. The van der Waals surface area contributed by atoms with Gasteiger partial charge in [-0.1, -0.05) is 19.1 Å². The number of anilines is 1. The maximum Gasteiger partial charge on any atom is 0.268 e. The first-order valence-electron chi connectivity index (χ1n) is 9.67. The van der Waals surface area contributed by atoms with Crippen LogP contribution >= 0.6 is 11.3 Å². The Balaban J connectivity index is 2.22. The van der Waals surface area contributed by atoms with Gasteiger partial charge in [0.25, 0.3) is 5.56 Å². The number of rotatable bonds is 9. The normalized spacial score (nSPS) is 13.7. The number of aldehydes is 1. The van der Waals surface area contributed by atoms with Gasteiger partial charge in [0, 0.05) is 24.7 Å². The number of nitrogens with one attached hydrogen (secondary N) is 1. The Morgan fingerprint density at radius 2 is 2.04 bits per heavy atom. The summed E-state index contributed by atoms with van der Waals surface area (Å²) in [6.07, 6.45) is 5.84. The molecule has 5 nitrogen and oxygen atoms in total. The van der Waals surface area contributed by atoms with E-state index in [1.54, 1.807) is 4.57 Å². The van der Waals surface area contributed by atoms with E-state index in [1.807, 2.05) is 39.0 Å². The lowest BCUT2D eigenvalue weighted by atomic mass is 10.1. The van der Waals surface area contributed by atoms with Crippen molar-refractivity contribution >= 4 is 35.0 Å². The molecule has 2 rings (SSSR count). The Kier molecular flexibility index (Phi) is 8.21. The highest BCUT2D eigenvalue weighted by atomic mass is 32.1. The van der Waals surface area contributed by atoms with Gasteiger partial charge in [-0.15, -0.1) is 11.3 Å². The molecule has 0 aliphatic carbocycles. The second-order valence-corrected chi connectivity index (χ2v) is 7.65. The summed E-state index contributed by atoms with van der Waals surface area (Å²) in [5.74, 6) is 0. The largest absolute Gasteiger partial charge is 0.379 e. The number of hydrogen-bond donors (Lipinski definition) is 1. The zero-order valence-corrected chi connectivity index (χ0v) is 17.5. The summed E-state index contributed by atoms with van der Waals surface area (Å²) in [5.41, 5.74) is 2.79. The predicted molar refractivity (Wildman–Crippen MR) is 116 cm³/mol. The Morgan fingerprint density at radius 1 is 1.32 bits per heavy atom. The fourth-order valence-corrected chi connectivity index (χ4v) is 4.33. The van der Waals surface area contributed by atoms with E-state index < -0.39 is 0 Å².